The number of hydrogen-bond acceptors (Lipinski definition) is 14. The van der Waals surface area contributed by atoms with Gasteiger partial charge in [-0.3, -0.25) is 43.2 Å². The van der Waals surface area contributed by atoms with Crippen molar-refractivity contribution in [3.8, 4) is 23.0 Å². The van der Waals surface area contributed by atoms with E-state index in [1.165, 1.54) is 36.4 Å². The highest BCUT2D eigenvalue weighted by atomic mass is 32.2. The maximum Gasteiger partial charge on any atom is 0.308 e. The molecule has 1 unspecified atom stereocenters. The van der Waals surface area contributed by atoms with Crippen molar-refractivity contribution in [1.29, 1.82) is 0 Å². The summed E-state index contributed by atoms with van der Waals surface area (Å²) >= 11 is 1.57. The molecule has 18 nitrogen and oxygen atoms in total. The van der Waals surface area contributed by atoms with Crippen LogP contribution in [0.1, 0.15) is 86.7 Å². The number of hydrogen-bond donors (Lipinski definition) is 3. The molecule has 2 aliphatic rings. The molecule has 2 heterocycles. The molecular formula is C43H47N5O13S. The number of para-hydroxylation sites is 2. The number of β-lactam (4-membered cyclic amide) rings is 1. The Morgan fingerprint density at radius 2 is 1.32 bits per heavy atom. The van der Waals surface area contributed by atoms with Gasteiger partial charge in [-0.1, -0.05) is 42.5 Å². The fraction of sp³-hybridized carbons (Fsp3) is 0.372. The van der Waals surface area contributed by atoms with Crippen molar-refractivity contribution in [2.75, 3.05) is 26.2 Å². The van der Waals surface area contributed by atoms with E-state index in [-0.39, 0.29) is 76.1 Å². The number of nitrogens with one attached hydrogen (secondary N) is 3. The van der Waals surface area contributed by atoms with E-state index in [2.05, 4.69) is 16.0 Å². The van der Waals surface area contributed by atoms with Crippen molar-refractivity contribution < 1.29 is 62.1 Å². The van der Waals surface area contributed by atoms with Gasteiger partial charge in [-0.05, 0) is 56.5 Å². The molecule has 19 heteroatoms. The SMILES string of the molecule is CC(=O)Oc1cccc(C(=O)NCCCCN(CC(=O)N[C@@H](C(=O)N[C@@H]2C(=O)N3CC(C)(C)SC23)c2ccccc2)C(=O)c2cccc(OC(C)=O)c2OC(C)=O)c1OC(C)=O. The van der Waals surface area contributed by atoms with Gasteiger partial charge < -0.3 is 44.7 Å². The number of fused-ring (bicyclic) bond motifs is 1. The van der Waals surface area contributed by atoms with E-state index in [0.29, 0.717) is 12.1 Å². The number of ether oxygens (including phenoxy) is 4. The molecule has 0 spiro atoms. The summed E-state index contributed by atoms with van der Waals surface area (Å²) in [4.78, 5) is 119. The molecule has 5 amide bonds. The van der Waals surface area contributed by atoms with Crippen LogP contribution in [0.5, 0.6) is 23.0 Å². The third kappa shape index (κ3) is 11.7. The van der Waals surface area contributed by atoms with E-state index in [1.54, 1.807) is 47.0 Å². The van der Waals surface area contributed by atoms with E-state index in [0.717, 1.165) is 32.6 Å². The van der Waals surface area contributed by atoms with E-state index in [4.69, 9.17) is 18.9 Å². The second kappa shape index (κ2) is 20.2. The number of carbonyl (C=O) groups is 9. The van der Waals surface area contributed by atoms with Crippen molar-refractivity contribution in [2.24, 2.45) is 0 Å². The molecule has 3 N–H and O–H groups in total. The lowest BCUT2D eigenvalue weighted by atomic mass is 10.0. The summed E-state index contributed by atoms with van der Waals surface area (Å²) < 4.78 is 20.6. The molecule has 2 fully saturated rings. The normalized spacial score (nSPS) is 16.4. The maximum atomic E-state index is 14.3. The highest BCUT2D eigenvalue weighted by Crippen LogP contribution is 2.46. The number of amides is 5. The van der Waals surface area contributed by atoms with Crippen molar-refractivity contribution in [2.45, 2.75) is 76.6 Å². The van der Waals surface area contributed by atoms with E-state index in [1.807, 2.05) is 13.8 Å². The van der Waals surface area contributed by atoms with Crippen LogP contribution in [-0.2, 0) is 33.6 Å². The van der Waals surface area contributed by atoms with Gasteiger partial charge in [-0.25, -0.2) is 0 Å². The minimum atomic E-state index is -1.27. The summed E-state index contributed by atoms with van der Waals surface area (Å²) in [6.45, 7) is 8.36. The van der Waals surface area contributed by atoms with Crippen molar-refractivity contribution >= 4 is 65.2 Å². The highest BCUT2D eigenvalue weighted by molar-refractivity contribution is 8.01. The van der Waals surface area contributed by atoms with Crippen LogP contribution in [-0.4, -0.2) is 106 Å². The zero-order valence-corrected chi connectivity index (χ0v) is 35.8. The molecule has 0 bridgehead atoms. The number of esters is 4. The number of benzene rings is 3. The highest BCUT2D eigenvalue weighted by Gasteiger charge is 2.56. The van der Waals surface area contributed by atoms with Crippen LogP contribution in [0.15, 0.2) is 66.7 Å². The quantitative estimate of drug-likeness (QED) is 0.0766. The first-order chi connectivity index (χ1) is 29.3. The molecule has 0 aromatic heterocycles. The van der Waals surface area contributed by atoms with Gasteiger partial charge in [0.15, 0.2) is 23.0 Å². The second-order valence-corrected chi connectivity index (χ2v) is 16.8. The summed E-state index contributed by atoms with van der Waals surface area (Å²) in [6.07, 6.45) is 0.430. The molecule has 2 aliphatic heterocycles. The van der Waals surface area contributed by atoms with Gasteiger partial charge >= 0.3 is 23.9 Å². The number of nitrogens with zero attached hydrogens (tertiary/aromatic N) is 2. The Labute approximate surface area is 361 Å². The Morgan fingerprint density at radius 1 is 0.758 bits per heavy atom. The van der Waals surface area contributed by atoms with Gasteiger partial charge in [-0.15, -0.1) is 11.8 Å². The Morgan fingerprint density at radius 3 is 1.90 bits per heavy atom. The number of thioether (sulfide) groups is 1. The minimum absolute atomic E-state index is 0.0367. The van der Waals surface area contributed by atoms with Crippen molar-refractivity contribution in [3.63, 3.8) is 0 Å². The van der Waals surface area contributed by atoms with E-state index >= 15 is 0 Å². The van der Waals surface area contributed by atoms with Crippen LogP contribution in [0.4, 0.5) is 0 Å². The smallest absolute Gasteiger partial charge is 0.308 e. The first kappa shape index (κ1) is 46.3. The first-order valence-corrected chi connectivity index (χ1v) is 20.4. The lowest BCUT2D eigenvalue weighted by Crippen LogP contribution is -2.68. The van der Waals surface area contributed by atoms with Crippen LogP contribution in [0.2, 0.25) is 0 Å². The summed E-state index contributed by atoms with van der Waals surface area (Å²) in [5.41, 5.74) is 0.115. The second-order valence-electron chi connectivity index (χ2n) is 15.0. The predicted octanol–water partition coefficient (Wildman–Crippen LogP) is 3.08. The molecule has 3 aromatic rings. The lowest BCUT2D eigenvalue weighted by molar-refractivity contribution is -0.148. The van der Waals surface area contributed by atoms with Crippen molar-refractivity contribution in [1.82, 2.24) is 25.8 Å². The first-order valence-electron chi connectivity index (χ1n) is 19.6. The van der Waals surface area contributed by atoms with Crippen LogP contribution < -0.4 is 34.9 Å². The van der Waals surface area contributed by atoms with E-state index in [9.17, 15) is 43.2 Å². The topological polar surface area (TPSA) is 233 Å². The molecule has 0 radical (unpaired) electrons. The average molecular weight is 874 g/mol. The van der Waals surface area contributed by atoms with Crippen LogP contribution in [0.25, 0.3) is 0 Å². The molecule has 0 saturated carbocycles. The lowest BCUT2D eigenvalue weighted by Gasteiger charge is -2.42. The molecule has 0 aliphatic carbocycles. The van der Waals surface area contributed by atoms with Crippen LogP contribution in [0.3, 0.4) is 0 Å². The minimum Gasteiger partial charge on any atom is -0.423 e. The Balaban J connectivity index is 1.35. The van der Waals surface area contributed by atoms with E-state index < -0.39 is 66.1 Å². The third-order valence-electron chi connectivity index (χ3n) is 9.32. The van der Waals surface area contributed by atoms with Gasteiger partial charge in [0, 0.05) is 52.1 Å². The fourth-order valence-corrected chi connectivity index (χ4v) is 8.28. The maximum absolute atomic E-state index is 14.3. The monoisotopic (exact) mass is 873 g/mol. The summed E-state index contributed by atoms with van der Waals surface area (Å²) in [7, 11) is 0. The van der Waals surface area contributed by atoms with Gasteiger partial charge in [0.1, 0.15) is 17.5 Å². The van der Waals surface area contributed by atoms with Crippen LogP contribution >= 0.6 is 11.8 Å². The molecule has 2 saturated heterocycles. The molecule has 328 valence electrons. The Kier molecular flexibility index (Phi) is 15.1. The number of rotatable bonds is 17. The summed E-state index contributed by atoms with van der Waals surface area (Å²) in [6, 6.07) is 14.5. The molecule has 5 rings (SSSR count). The fourth-order valence-electron chi connectivity index (χ4n) is 6.79. The molecular weight excluding hydrogens is 827 g/mol. The van der Waals surface area contributed by atoms with Gasteiger partial charge in [0.05, 0.1) is 17.7 Å². The predicted molar refractivity (Wildman–Crippen MR) is 222 cm³/mol. The molecule has 3 aromatic carbocycles. The summed E-state index contributed by atoms with van der Waals surface area (Å²) in [5, 5.41) is 7.95. The van der Waals surface area contributed by atoms with Gasteiger partial charge in [-0.2, -0.15) is 0 Å². The number of carbonyl (C=O) groups excluding carboxylic acids is 9. The largest absolute Gasteiger partial charge is 0.423 e. The van der Waals surface area contributed by atoms with Crippen LogP contribution in [0, 0.1) is 0 Å². The van der Waals surface area contributed by atoms with Crippen molar-refractivity contribution in [3.05, 3.63) is 83.4 Å². The molecule has 3 atom stereocenters. The average Bonchev–Trinajstić information content (AvgIpc) is 3.49. The van der Waals surface area contributed by atoms with Gasteiger partial charge in [0.2, 0.25) is 17.7 Å². The standard InChI is InChI=1S/C43H47N5O13S/c1-24(49)58-31-18-12-16-29(36(31)60-26(3)51)38(54)44-20-10-11-21-47(40(56)30-17-13-19-32(59-25(2)50)37(30)61-27(4)52)22-33(53)45-34(28-14-8-7-9-15-28)39(55)46-35-41(57)48-23-43(5,6)62-42(35)48/h7-9,12-19,34-35,42H,10-11,20-23H2,1-6H3,(H,44,54)(H,45,53)(H,46,55)/t34-,35-,42?/m1/s1. The summed E-state index contributed by atoms with van der Waals surface area (Å²) in [5.74, 6) is -7.07. The van der Waals surface area contributed by atoms with Gasteiger partial charge in [0.25, 0.3) is 11.8 Å². The zero-order chi connectivity index (χ0) is 45.3. The Hall–Kier alpha value is -6.76. The number of unbranched alkanes of at least 4 members (excludes halogenated alkanes) is 1. The molecule has 62 heavy (non-hydrogen) atoms. The third-order valence-corrected chi connectivity index (χ3v) is 10.9. The Bertz CT molecular complexity index is 2270. The zero-order valence-electron chi connectivity index (χ0n) is 34.9.